The second-order valence-electron chi connectivity index (χ2n) is 9.67. The molecule has 0 fully saturated rings. The predicted octanol–water partition coefficient (Wildman–Crippen LogP) is 10.1. The third kappa shape index (κ3) is 3.99. The number of thiophene rings is 1. The minimum absolute atomic E-state index is 0.732. The van der Waals surface area contributed by atoms with Crippen LogP contribution in [0.1, 0.15) is 0 Å². The van der Waals surface area contributed by atoms with Gasteiger partial charge in [-0.05, 0) is 36.4 Å². The zero-order chi connectivity index (χ0) is 26.5. The molecule has 8 rings (SSSR count). The Balaban J connectivity index is 1.36. The van der Waals surface area contributed by atoms with E-state index in [0.717, 1.165) is 50.0 Å². The van der Waals surface area contributed by atoms with Crippen molar-refractivity contribution < 1.29 is 0 Å². The average molecular weight is 548 g/mol. The molecule has 3 aromatic heterocycles. The number of rotatable bonds is 4. The van der Waals surface area contributed by atoms with Crippen LogP contribution in [0.2, 0.25) is 0 Å². The van der Waals surface area contributed by atoms with Crippen LogP contribution in [0.25, 0.3) is 74.9 Å². The standard InChI is InChI=1S/C35H21N3S2/c1-3-10-22(11-4-1)28-21-29(23-12-5-2-6-13-23)37-34(36-28)25-14-9-17-32-33(25)26-20-24(18-19-30(26)39-32)35-38-27-15-7-8-16-31(27)40-35/h1-21H. The smallest absolute Gasteiger partial charge is 0.161 e. The highest BCUT2D eigenvalue weighted by Crippen LogP contribution is 2.42. The first-order valence-corrected chi connectivity index (χ1v) is 14.7. The summed E-state index contributed by atoms with van der Waals surface area (Å²) in [7, 11) is 0. The third-order valence-corrected chi connectivity index (χ3v) is 9.36. The fourth-order valence-corrected chi connectivity index (χ4v) is 7.30. The molecule has 8 aromatic rings. The van der Waals surface area contributed by atoms with Gasteiger partial charge < -0.3 is 0 Å². The van der Waals surface area contributed by atoms with Crippen LogP contribution >= 0.6 is 22.7 Å². The molecule has 0 aliphatic heterocycles. The number of hydrogen-bond acceptors (Lipinski definition) is 5. The summed E-state index contributed by atoms with van der Waals surface area (Å²) in [6, 6.07) is 44.3. The summed E-state index contributed by atoms with van der Waals surface area (Å²) in [5.74, 6) is 0.732. The fraction of sp³-hybridized carbons (Fsp3) is 0. The summed E-state index contributed by atoms with van der Waals surface area (Å²) >= 11 is 3.54. The van der Waals surface area contributed by atoms with Crippen molar-refractivity contribution >= 4 is 53.1 Å². The van der Waals surface area contributed by atoms with Gasteiger partial charge in [-0.15, -0.1) is 22.7 Å². The number of fused-ring (bicyclic) bond motifs is 4. The van der Waals surface area contributed by atoms with Gasteiger partial charge in [0.2, 0.25) is 0 Å². The molecular weight excluding hydrogens is 527 g/mol. The molecule has 0 saturated heterocycles. The number of nitrogens with zero attached hydrogens (tertiary/aromatic N) is 3. The minimum Gasteiger partial charge on any atom is -0.236 e. The summed E-state index contributed by atoms with van der Waals surface area (Å²) < 4.78 is 3.67. The van der Waals surface area contributed by atoms with E-state index < -0.39 is 0 Å². The van der Waals surface area contributed by atoms with E-state index >= 15 is 0 Å². The molecule has 5 aromatic carbocycles. The van der Waals surface area contributed by atoms with Crippen LogP contribution in [0.3, 0.4) is 0 Å². The molecule has 0 atom stereocenters. The summed E-state index contributed by atoms with van der Waals surface area (Å²) in [6.07, 6.45) is 0. The van der Waals surface area contributed by atoms with Crippen molar-refractivity contribution in [1.82, 2.24) is 15.0 Å². The number of hydrogen-bond donors (Lipinski definition) is 0. The Morgan fingerprint density at radius 3 is 1.85 bits per heavy atom. The lowest BCUT2D eigenvalue weighted by Crippen LogP contribution is -1.96. The van der Waals surface area contributed by atoms with Gasteiger partial charge in [0.15, 0.2) is 5.82 Å². The lowest BCUT2D eigenvalue weighted by atomic mass is 10.0. The lowest BCUT2D eigenvalue weighted by molar-refractivity contribution is 1.19. The molecule has 0 saturated carbocycles. The van der Waals surface area contributed by atoms with Gasteiger partial charge in [-0.25, -0.2) is 15.0 Å². The predicted molar refractivity (Wildman–Crippen MR) is 170 cm³/mol. The Kier molecular flexibility index (Phi) is 5.50. The molecule has 0 aliphatic carbocycles. The van der Waals surface area contributed by atoms with E-state index in [1.807, 2.05) is 29.5 Å². The maximum absolute atomic E-state index is 5.13. The summed E-state index contributed by atoms with van der Waals surface area (Å²) in [4.78, 5) is 15.2. The van der Waals surface area contributed by atoms with E-state index in [0.29, 0.717) is 0 Å². The summed E-state index contributed by atoms with van der Waals surface area (Å²) in [6.45, 7) is 0. The molecule has 0 N–H and O–H groups in total. The first kappa shape index (κ1) is 23.2. The van der Waals surface area contributed by atoms with Gasteiger partial charge >= 0.3 is 0 Å². The van der Waals surface area contributed by atoms with E-state index in [-0.39, 0.29) is 0 Å². The maximum Gasteiger partial charge on any atom is 0.161 e. The van der Waals surface area contributed by atoms with E-state index in [4.69, 9.17) is 15.0 Å². The second kappa shape index (κ2) is 9.49. The van der Waals surface area contributed by atoms with Crippen LogP contribution < -0.4 is 0 Å². The Morgan fingerprint density at radius 2 is 1.12 bits per heavy atom. The molecule has 0 spiro atoms. The number of para-hydroxylation sites is 1. The monoisotopic (exact) mass is 547 g/mol. The van der Waals surface area contributed by atoms with Crippen molar-refractivity contribution in [3.8, 4) is 44.5 Å². The van der Waals surface area contributed by atoms with Crippen LogP contribution in [0.15, 0.2) is 127 Å². The zero-order valence-electron chi connectivity index (χ0n) is 21.3. The van der Waals surface area contributed by atoms with Crippen molar-refractivity contribution in [2.24, 2.45) is 0 Å². The van der Waals surface area contributed by atoms with E-state index in [1.165, 1.54) is 24.9 Å². The topological polar surface area (TPSA) is 38.7 Å². The quantitative estimate of drug-likeness (QED) is 0.220. The number of thiazole rings is 1. The SMILES string of the molecule is c1ccc(-c2cc(-c3ccccc3)nc(-c3cccc4sc5ccc(-c6nc7ccccc7s6)cc5c34)n2)cc1. The molecule has 3 heterocycles. The van der Waals surface area contributed by atoms with Crippen LogP contribution in [-0.2, 0) is 0 Å². The van der Waals surface area contributed by atoms with Crippen LogP contribution in [0.5, 0.6) is 0 Å². The normalized spacial score (nSPS) is 11.5. The third-order valence-electron chi connectivity index (χ3n) is 7.14. The molecule has 188 valence electrons. The molecule has 3 nitrogen and oxygen atoms in total. The largest absolute Gasteiger partial charge is 0.236 e. The van der Waals surface area contributed by atoms with Crippen molar-refractivity contribution in [3.63, 3.8) is 0 Å². The lowest BCUT2D eigenvalue weighted by Gasteiger charge is -2.10. The summed E-state index contributed by atoms with van der Waals surface area (Å²) in [5, 5.41) is 3.44. The Morgan fingerprint density at radius 1 is 0.450 bits per heavy atom. The Bertz CT molecular complexity index is 2070. The first-order valence-electron chi connectivity index (χ1n) is 13.1. The van der Waals surface area contributed by atoms with Crippen molar-refractivity contribution in [1.29, 1.82) is 0 Å². The highest BCUT2D eigenvalue weighted by molar-refractivity contribution is 7.26. The molecule has 0 unspecified atom stereocenters. The van der Waals surface area contributed by atoms with Gasteiger partial charge in [0, 0.05) is 42.4 Å². The average Bonchev–Trinajstić information content (AvgIpc) is 3.63. The van der Waals surface area contributed by atoms with E-state index in [9.17, 15) is 0 Å². The fourth-order valence-electron chi connectivity index (χ4n) is 5.22. The molecule has 40 heavy (non-hydrogen) atoms. The van der Waals surface area contributed by atoms with E-state index in [1.54, 1.807) is 11.3 Å². The molecule has 0 bridgehead atoms. The van der Waals surface area contributed by atoms with Gasteiger partial charge in [0.25, 0.3) is 0 Å². The van der Waals surface area contributed by atoms with Crippen LogP contribution in [0, 0.1) is 0 Å². The molecule has 0 radical (unpaired) electrons. The minimum atomic E-state index is 0.732. The Labute approximate surface area is 239 Å². The molecule has 0 amide bonds. The number of aromatic nitrogens is 3. The van der Waals surface area contributed by atoms with E-state index in [2.05, 4.69) is 109 Å². The van der Waals surface area contributed by atoms with Crippen LogP contribution in [0.4, 0.5) is 0 Å². The van der Waals surface area contributed by atoms with Crippen molar-refractivity contribution in [2.75, 3.05) is 0 Å². The highest BCUT2D eigenvalue weighted by atomic mass is 32.1. The van der Waals surface area contributed by atoms with Crippen LogP contribution in [-0.4, -0.2) is 15.0 Å². The van der Waals surface area contributed by atoms with Gasteiger partial charge in [0.1, 0.15) is 5.01 Å². The molecular formula is C35H21N3S2. The van der Waals surface area contributed by atoms with Gasteiger partial charge in [0.05, 0.1) is 21.6 Å². The summed E-state index contributed by atoms with van der Waals surface area (Å²) in [5.41, 5.74) is 7.19. The Hall–Kier alpha value is -4.71. The maximum atomic E-state index is 5.13. The zero-order valence-corrected chi connectivity index (χ0v) is 22.9. The number of benzene rings is 5. The second-order valence-corrected chi connectivity index (χ2v) is 11.8. The van der Waals surface area contributed by atoms with Crippen molar-refractivity contribution in [3.05, 3.63) is 127 Å². The molecule has 5 heteroatoms. The first-order chi connectivity index (χ1) is 19.8. The van der Waals surface area contributed by atoms with Gasteiger partial charge in [-0.3, -0.25) is 0 Å². The molecule has 0 aliphatic rings. The highest BCUT2D eigenvalue weighted by Gasteiger charge is 2.17. The van der Waals surface area contributed by atoms with Gasteiger partial charge in [-0.2, -0.15) is 0 Å². The van der Waals surface area contributed by atoms with Crippen molar-refractivity contribution in [2.45, 2.75) is 0 Å². The van der Waals surface area contributed by atoms with Gasteiger partial charge in [-0.1, -0.05) is 91.0 Å².